The minimum absolute atomic E-state index is 0.250. The third-order valence-electron chi connectivity index (χ3n) is 4.99. The maximum Gasteiger partial charge on any atom is 0.243 e. The summed E-state index contributed by atoms with van der Waals surface area (Å²) in [7, 11) is 0.460. The lowest BCUT2D eigenvalue weighted by Gasteiger charge is -2.32. The van der Waals surface area contributed by atoms with E-state index in [4.69, 9.17) is 4.74 Å². The number of hydrogen-bond acceptors (Lipinski definition) is 4. The molecule has 5 nitrogen and oxygen atoms in total. The van der Waals surface area contributed by atoms with E-state index in [-0.39, 0.29) is 6.10 Å². The van der Waals surface area contributed by atoms with Crippen molar-refractivity contribution in [3.63, 3.8) is 0 Å². The van der Waals surface area contributed by atoms with Gasteiger partial charge in [0.1, 0.15) is 0 Å². The van der Waals surface area contributed by atoms with Gasteiger partial charge in [0.15, 0.2) is 0 Å². The maximum absolute atomic E-state index is 13.1. The van der Waals surface area contributed by atoms with Gasteiger partial charge in [0.05, 0.1) is 17.6 Å². The Bertz CT molecular complexity index is 859. The summed E-state index contributed by atoms with van der Waals surface area (Å²) >= 11 is 0. The molecule has 1 aliphatic rings. The lowest BCUT2D eigenvalue weighted by Crippen LogP contribution is -2.42. The highest BCUT2D eigenvalue weighted by Crippen LogP contribution is 2.28. The van der Waals surface area contributed by atoms with E-state index in [9.17, 15) is 8.42 Å². The van der Waals surface area contributed by atoms with Crippen LogP contribution in [0.4, 0.5) is 5.69 Å². The van der Waals surface area contributed by atoms with Gasteiger partial charge in [-0.3, -0.25) is 0 Å². The molecule has 1 atom stereocenters. The fourth-order valence-corrected chi connectivity index (χ4v) is 4.63. The number of benzene rings is 2. The molecule has 0 N–H and O–H groups in total. The highest BCUT2D eigenvalue weighted by Gasteiger charge is 2.31. The van der Waals surface area contributed by atoms with Gasteiger partial charge in [0, 0.05) is 32.9 Å². The molecule has 0 aromatic heterocycles. The molecule has 0 radical (unpaired) electrons. The summed E-state index contributed by atoms with van der Waals surface area (Å²) < 4.78 is 33.5. The predicted octanol–water partition coefficient (Wildman–Crippen LogP) is 3.64. The molecule has 2 aromatic carbocycles. The third-order valence-corrected chi connectivity index (χ3v) is 6.87. The second kappa shape index (κ2) is 8.00. The Morgan fingerprint density at radius 3 is 2.22 bits per heavy atom. The molecule has 1 aliphatic heterocycles. The van der Waals surface area contributed by atoms with E-state index in [2.05, 4.69) is 13.8 Å². The van der Waals surface area contributed by atoms with Crippen molar-refractivity contribution in [2.75, 3.05) is 38.7 Å². The molecular weight excluding hydrogens is 360 g/mol. The monoisotopic (exact) mass is 388 g/mol. The minimum atomic E-state index is -3.52. The Morgan fingerprint density at radius 1 is 1.04 bits per heavy atom. The van der Waals surface area contributed by atoms with Gasteiger partial charge in [-0.15, -0.1) is 0 Å². The molecule has 0 bridgehead atoms. The first-order valence-corrected chi connectivity index (χ1v) is 10.7. The molecule has 1 heterocycles. The quantitative estimate of drug-likeness (QED) is 0.785. The first-order valence-electron chi connectivity index (χ1n) is 9.28. The van der Waals surface area contributed by atoms with Crippen LogP contribution in [-0.4, -0.2) is 46.5 Å². The molecular formula is C21H28N2O3S. The average Bonchev–Trinajstić information content (AvgIpc) is 2.68. The SMILES string of the molecule is CC(C)c1ccc(S(=O)(=O)N2CCOC(c3ccc(N(C)C)cc3)C2)cc1. The first-order chi connectivity index (χ1) is 12.8. The predicted molar refractivity (Wildman–Crippen MR) is 109 cm³/mol. The van der Waals surface area contributed by atoms with Crippen LogP contribution in [0.2, 0.25) is 0 Å². The molecule has 3 rings (SSSR count). The summed E-state index contributed by atoms with van der Waals surface area (Å²) in [5, 5.41) is 0. The summed E-state index contributed by atoms with van der Waals surface area (Å²) in [4.78, 5) is 2.37. The Balaban J connectivity index is 1.78. The van der Waals surface area contributed by atoms with Gasteiger partial charge in [-0.2, -0.15) is 4.31 Å². The molecule has 0 spiro atoms. The van der Waals surface area contributed by atoms with Gasteiger partial charge in [-0.1, -0.05) is 38.1 Å². The topological polar surface area (TPSA) is 49.9 Å². The first kappa shape index (κ1) is 19.9. The Hall–Kier alpha value is -1.89. The molecule has 27 heavy (non-hydrogen) atoms. The maximum atomic E-state index is 13.1. The number of sulfonamides is 1. The molecule has 0 aliphatic carbocycles. The van der Waals surface area contributed by atoms with Crippen LogP contribution in [0.25, 0.3) is 0 Å². The molecule has 146 valence electrons. The zero-order valence-corrected chi connectivity index (χ0v) is 17.2. The van der Waals surface area contributed by atoms with Gasteiger partial charge in [-0.05, 0) is 41.3 Å². The lowest BCUT2D eigenvalue weighted by atomic mass is 10.0. The molecule has 1 unspecified atom stereocenters. The second-order valence-electron chi connectivity index (χ2n) is 7.43. The number of anilines is 1. The number of hydrogen-bond donors (Lipinski definition) is 0. The zero-order chi connectivity index (χ0) is 19.6. The van der Waals surface area contributed by atoms with E-state index in [0.29, 0.717) is 30.5 Å². The van der Waals surface area contributed by atoms with Gasteiger partial charge < -0.3 is 9.64 Å². The van der Waals surface area contributed by atoms with Gasteiger partial charge in [-0.25, -0.2) is 8.42 Å². The lowest BCUT2D eigenvalue weighted by molar-refractivity contribution is -0.00254. The van der Waals surface area contributed by atoms with Gasteiger partial charge in [0.25, 0.3) is 0 Å². The van der Waals surface area contributed by atoms with E-state index >= 15 is 0 Å². The van der Waals surface area contributed by atoms with Crippen molar-refractivity contribution in [2.45, 2.75) is 30.8 Å². The minimum Gasteiger partial charge on any atom is -0.378 e. The second-order valence-corrected chi connectivity index (χ2v) is 9.37. The molecule has 6 heteroatoms. The highest BCUT2D eigenvalue weighted by atomic mass is 32.2. The van der Waals surface area contributed by atoms with Gasteiger partial charge in [0.2, 0.25) is 10.0 Å². The summed E-state index contributed by atoms with van der Waals surface area (Å²) in [6, 6.07) is 15.3. The van der Waals surface area contributed by atoms with Crippen LogP contribution >= 0.6 is 0 Å². The van der Waals surface area contributed by atoms with Crippen molar-refractivity contribution in [1.82, 2.24) is 4.31 Å². The molecule has 0 amide bonds. The van der Waals surface area contributed by atoms with Crippen LogP contribution < -0.4 is 4.90 Å². The number of morpholine rings is 1. The van der Waals surface area contributed by atoms with Crippen LogP contribution in [0, 0.1) is 0 Å². The van der Waals surface area contributed by atoms with E-state index in [1.54, 1.807) is 12.1 Å². The van der Waals surface area contributed by atoms with Crippen LogP contribution in [0.1, 0.15) is 37.0 Å². The Morgan fingerprint density at radius 2 is 1.67 bits per heavy atom. The van der Waals surface area contributed by atoms with Gasteiger partial charge >= 0.3 is 0 Å². The van der Waals surface area contributed by atoms with Crippen molar-refractivity contribution in [2.24, 2.45) is 0 Å². The molecule has 0 saturated carbocycles. The van der Waals surface area contributed by atoms with Crippen LogP contribution in [0.3, 0.4) is 0 Å². The van der Waals surface area contributed by atoms with E-state index in [0.717, 1.165) is 16.8 Å². The van der Waals surface area contributed by atoms with Crippen molar-refractivity contribution in [1.29, 1.82) is 0 Å². The number of nitrogens with zero attached hydrogens (tertiary/aromatic N) is 2. The summed E-state index contributed by atoms with van der Waals surface area (Å²) in [6.45, 7) is 5.29. The smallest absolute Gasteiger partial charge is 0.243 e. The van der Waals surface area contributed by atoms with Crippen LogP contribution in [-0.2, 0) is 14.8 Å². The Kier molecular flexibility index (Phi) is 5.89. The fourth-order valence-electron chi connectivity index (χ4n) is 3.21. The molecule has 1 fully saturated rings. The van der Waals surface area contributed by atoms with E-state index < -0.39 is 10.0 Å². The highest BCUT2D eigenvalue weighted by molar-refractivity contribution is 7.89. The van der Waals surface area contributed by atoms with Crippen molar-refractivity contribution in [3.05, 3.63) is 59.7 Å². The average molecular weight is 389 g/mol. The number of ether oxygens (including phenoxy) is 1. The van der Waals surface area contributed by atoms with Crippen molar-refractivity contribution < 1.29 is 13.2 Å². The summed E-state index contributed by atoms with van der Waals surface area (Å²) in [5.41, 5.74) is 3.23. The van der Waals surface area contributed by atoms with E-state index in [1.165, 1.54) is 4.31 Å². The number of rotatable bonds is 5. The standard InChI is InChI=1S/C21H28N2O3S/c1-16(2)17-7-11-20(12-8-17)27(24,25)23-13-14-26-21(15-23)18-5-9-19(10-6-18)22(3)4/h5-12,16,21H,13-15H2,1-4H3. The third kappa shape index (κ3) is 4.34. The van der Waals surface area contributed by atoms with Crippen molar-refractivity contribution in [3.8, 4) is 0 Å². The summed E-state index contributed by atoms with van der Waals surface area (Å²) in [6.07, 6.45) is -0.250. The normalized spacial score (nSPS) is 18.6. The molecule has 1 saturated heterocycles. The summed E-state index contributed by atoms with van der Waals surface area (Å²) in [5.74, 6) is 0.375. The van der Waals surface area contributed by atoms with Crippen LogP contribution in [0.15, 0.2) is 53.4 Å². The van der Waals surface area contributed by atoms with E-state index in [1.807, 2.05) is 55.4 Å². The van der Waals surface area contributed by atoms with Crippen LogP contribution in [0.5, 0.6) is 0 Å². The fraction of sp³-hybridized carbons (Fsp3) is 0.429. The zero-order valence-electron chi connectivity index (χ0n) is 16.4. The Labute approximate surface area is 162 Å². The molecule has 2 aromatic rings. The largest absolute Gasteiger partial charge is 0.378 e. The van der Waals surface area contributed by atoms with Crippen molar-refractivity contribution >= 4 is 15.7 Å².